The van der Waals surface area contributed by atoms with Crippen LogP contribution in [0.2, 0.25) is 0 Å². The van der Waals surface area contributed by atoms with Crippen molar-refractivity contribution in [3.05, 3.63) is 11.4 Å². The van der Waals surface area contributed by atoms with Gasteiger partial charge in [0, 0.05) is 37.2 Å². The third-order valence-electron chi connectivity index (χ3n) is 3.62. The number of nitrogens with zero attached hydrogens (tertiary/aromatic N) is 4. The predicted octanol–water partition coefficient (Wildman–Crippen LogP) is 1.24. The fraction of sp³-hybridized carbons (Fsp3) is 0.714. The van der Waals surface area contributed by atoms with Gasteiger partial charge in [0.05, 0.1) is 0 Å². The Morgan fingerprint density at radius 3 is 2.25 bits per heavy atom. The molecular weight excluding hydrogens is 252 g/mol. The minimum Gasteiger partial charge on any atom is -0.383 e. The van der Waals surface area contributed by atoms with Gasteiger partial charge in [0.25, 0.3) is 0 Å². The molecule has 0 saturated carbocycles. The van der Waals surface area contributed by atoms with Gasteiger partial charge in [-0.3, -0.25) is 0 Å². The lowest BCUT2D eigenvalue weighted by Gasteiger charge is -2.33. The van der Waals surface area contributed by atoms with Gasteiger partial charge in [0.1, 0.15) is 17.5 Å². The van der Waals surface area contributed by atoms with Gasteiger partial charge >= 0.3 is 0 Å². The predicted molar refractivity (Wildman–Crippen MR) is 82.6 cm³/mol. The van der Waals surface area contributed by atoms with Gasteiger partial charge in [-0.05, 0) is 14.0 Å². The molecule has 112 valence electrons. The standard InChI is InChI=1S/C14H26N6/c1-10-11(15)16-13(14(2,3)4)17-12(10)18-20-8-6-19(5)7-9-20/h6-9H2,1-5H3,(H3,15,16,17,18). The molecule has 0 aromatic carbocycles. The number of hydrazine groups is 1. The lowest BCUT2D eigenvalue weighted by atomic mass is 9.95. The van der Waals surface area contributed by atoms with Crippen molar-refractivity contribution in [1.29, 1.82) is 0 Å². The van der Waals surface area contributed by atoms with Gasteiger partial charge in [-0.15, -0.1) is 0 Å². The van der Waals surface area contributed by atoms with Crippen LogP contribution >= 0.6 is 0 Å². The number of nitrogens with two attached hydrogens (primary N) is 1. The number of anilines is 2. The van der Waals surface area contributed by atoms with Crippen LogP contribution in [0.3, 0.4) is 0 Å². The second kappa shape index (κ2) is 5.54. The molecular formula is C14H26N6. The number of piperazine rings is 1. The highest BCUT2D eigenvalue weighted by Gasteiger charge is 2.22. The highest BCUT2D eigenvalue weighted by Crippen LogP contribution is 2.25. The van der Waals surface area contributed by atoms with Crippen LogP contribution in [-0.2, 0) is 5.41 Å². The first-order valence-corrected chi connectivity index (χ1v) is 7.12. The molecule has 1 saturated heterocycles. The summed E-state index contributed by atoms with van der Waals surface area (Å²) in [4.78, 5) is 11.4. The van der Waals surface area contributed by atoms with Crippen molar-refractivity contribution in [2.24, 2.45) is 0 Å². The molecule has 0 unspecified atom stereocenters. The summed E-state index contributed by atoms with van der Waals surface area (Å²) in [6.07, 6.45) is 0. The van der Waals surface area contributed by atoms with E-state index >= 15 is 0 Å². The first-order chi connectivity index (χ1) is 9.27. The van der Waals surface area contributed by atoms with Crippen LogP contribution in [0.4, 0.5) is 11.6 Å². The fourth-order valence-corrected chi connectivity index (χ4v) is 2.05. The minimum absolute atomic E-state index is 0.111. The van der Waals surface area contributed by atoms with Crippen LogP contribution in [0.15, 0.2) is 0 Å². The maximum absolute atomic E-state index is 6.03. The second-order valence-electron chi connectivity index (χ2n) is 6.56. The molecule has 0 bridgehead atoms. The zero-order valence-electron chi connectivity index (χ0n) is 13.2. The van der Waals surface area contributed by atoms with Crippen molar-refractivity contribution >= 4 is 11.6 Å². The normalized spacial score (nSPS) is 18.2. The van der Waals surface area contributed by atoms with Gasteiger partial charge in [0.2, 0.25) is 0 Å². The molecule has 1 aliphatic heterocycles. The summed E-state index contributed by atoms with van der Waals surface area (Å²) in [5.41, 5.74) is 10.2. The van der Waals surface area contributed by atoms with Crippen molar-refractivity contribution in [3.8, 4) is 0 Å². The molecule has 0 amide bonds. The van der Waals surface area contributed by atoms with E-state index in [0.717, 1.165) is 43.4 Å². The second-order valence-corrected chi connectivity index (χ2v) is 6.56. The number of rotatable bonds is 2. The quantitative estimate of drug-likeness (QED) is 0.848. The van der Waals surface area contributed by atoms with E-state index in [2.05, 4.69) is 53.1 Å². The molecule has 6 heteroatoms. The van der Waals surface area contributed by atoms with E-state index in [9.17, 15) is 0 Å². The summed E-state index contributed by atoms with van der Waals surface area (Å²) < 4.78 is 0. The van der Waals surface area contributed by atoms with Crippen LogP contribution in [-0.4, -0.2) is 53.1 Å². The van der Waals surface area contributed by atoms with E-state index in [1.807, 2.05) is 6.92 Å². The smallest absolute Gasteiger partial charge is 0.149 e. The van der Waals surface area contributed by atoms with Crippen molar-refractivity contribution in [2.75, 3.05) is 44.4 Å². The number of likely N-dealkylation sites (N-methyl/N-ethyl adjacent to an activating group) is 1. The molecule has 1 aromatic heterocycles. The van der Waals surface area contributed by atoms with Gasteiger partial charge in [0.15, 0.2) is 0 Å². The molecule has 2 rings (SSSR count). The molecule has 2 heterocycles. The average Bonchev–Trinajstić information content (AvgIpc) is 2.36. The van der Waals surface area contributed by atoms with Gasteiger partial charge in [-0.1, -0.05) is 20.8 Å². The monoisotopic (exact) mass is 278 g/mol. The topological polar surface area (TPSA) is 70.3 Å². The minimum atomic E-state index is -0.111. The third kappa shape index (κ3) is 3.37. The van der Waals surface area contributed by atoms with E-state index in [-0.39, 0.29) is 5.41 Å². The van der Waals surface area contributed by atoms with Crippen molar-refractivity contribution in [1.82, 2.24) is 19.9 Å². The molecule has 1 aliphatic rings. The number of aromatic nitrogens is 2. The summed E-state index contributed by atoms with van der Waals surface area (Å²) in [6, 6.07) is 0. The van der Waals surface area contributed by atoms with E-state index < -0.39 is 0 Å². The molecule has 3 N–H and O–H groups in total. The Kier molecular flexibility index (Phi) is 4.15. The van der Waals surface area contributed by atoms with Crippen LogP contribution < -0.4 is 11.2 Å². The summed E-state index contributed by atoms with van der Waals surface area (Å²) >= 11 is 0. The zero-order chi connectivity index (χ0) is 14.9. The molecule has 1 aromatic rings. The molecule has 0 spiro atoms. The van der Waals surface area contributed by atoms with Crippen LogP contribution in [0.25, 0.3) is 0 Å². The first-order valence-electron chi connectivity index (χ1n) is 7.12. The Hall–Kier alpha value is -1.40. The van der Waals surface area contributed by atoms with Gasteiger partial charge in [-0.25, -0.2) is 15.0 Å². The summed E-state index contributed by atoms with van der Waals surface area (Å²) in [5.74, 6) is 2.16. The van der Waals surface area contributed by atoms with Gasteiger partial charge in [-0.2, -0.15) is 0 Å². The summed E-state index contributed by atoms with van der Waals surface area (Å²) in [7, 11) is 2.14. The lowest BCUT2D eigenvalue weighted by Crippen LogP contribution is -2.47. The fourth-order valence-electron chi connectivity index (χ4n) is 2.05. The first kappa shape index (κ1) is 15.0. The molecule has 0 aliphatic carbocycles. The van der Waals surface area contributed by atoms with Gasteiger partial charge < -0.3 is 16.1 Å². The maximum Gasteiger partial charge on any atom is 0.149 e. The van der Waals surface area contributed by atoms with Crippen molar-refractivity contribution < 1.29 is 0 Å². The van der Waals surface area contributed by atoms with E-state index in [0.29, 0.717) is 5.82 Å². The number of hydrogen-bond acceptors (Lipinski definition) is 6. The zero-order valence-corrected chi connectivity index (χ0v) is 13.2. The van der Waals surface area contributed by atoms with E-state index in [1.165, 1.54) is 0 Å². The van der Waals surface area contributed by atoms with Crippen LogP contribution in [0, 0.1) is 6.92 Å². The molecule has 0 radical (unpaired) electrons. The van der Waals surface area contributed by atoms with Crippen LogP contribution in [0.1, 0.15) is 32.2 Å². The molecule has 20 heavy (non-hydrogen) atoms. The molecule has 6 nitrogen and oxygen atoms in total. The summed E-state index contributed by atoms with van der Waals surface area (Å²) in [6.45, 7) is 12.3. The average molecular weight is 278 g/mol. The van der Waals surface area contributed by atoms with Crippen LogP contribution in [0.5, 0.6) is 0 Å². The Morgan fingerprint density at radius 2 is 1.70 bits per heavy atom. The van der Waals surface area contributed by atoms with E-state index in [4.69, 9.17) is 5.73 Å². The summed E-state index contributed by atoms with van der Waals surface area (Å²) in [5, 5.41) is 2.20. The number of nitrogens with one attached hydrogen (secondary N) is 1. The molecule has 0 atom stereocenters. The third-order valence-corrected chi connectivity index (χ3v) is 3.62. The molecule has 1 fully saturated rings. The van der Waals surface area contributed by atoms with E-state index in [1.54, 1.807) is 0 Å². The maximum atomic E-state index is 6.03. The van der Waals surface area contributed by atoms with Crippen molar-refractivity contribution in [3.63, 3.8) is 0 Å². The van der Waals surface area contributed by atoms with Crippen molar-refractivity contribution in [2.45, 2.75) is 33.1 Å². The Balaban J connectivity index is 2.20. The highest BCUT2D eigenvalue weighted by atomic mass is 15.5. The SMILES string of the molecule is Cc1c(N)nc(C(C)(C)C)nc1NN1CCN(C)CC1. The Labute approximate surface area is 121 Å². The Bertz CT molecular complexity index is 471. The highest BCUT2D eigenvalue weighted by molar-refractivity contribution is 5.54. The lowest BCUT2D eigenvalue weighted by molar-refractivity contribution is 0.178. The largest absolute Gasteiger partial charge is 0.383 e. The number of nitrogen functional groups attached to an aromatic ring is 1. The Morgan fingerprint density at radius 1 is 1.10 bits per heavy atom. The number of hydrogen-bond donors (Lipinski definition) is 2.